The molecule has 6 heteroatoms. The average Bonchev–Trinajstić information content (AvgIpc) is 2.44. The number of nitrogens with two attached hydrogens (primary N) is 1. The topological polar surface area (TPSA) is 61.8 Å². The Labute approximate surface area is 119 Å². The molecular weight excluding hydrogens is 281 g/mol. The van der Waals surface area contributed by atoms with Crippen LogP contribution in [0.2, 0.25) is 5.02 Å². The van der Waals surface area contributed by atoms with Crippen molar-refractivity contribution in [2.24, 2.45) is 10.8 Å². The maximum Gasteiger partial charge on any atom is 0.209 e. The molecule has 20 heavy (non-hydrogen) atoms. The summed E-state index contributed by atoms with van der Waals surface area (Å²) in [6, 6.07) is 10.7. The summed E-state index contributed by atoms with van der Waals surface area (Å²) in [4.78, 5) is 4.07. The van der Waals surface area contributed by atoms with Gasteiger partial charge in [-0.25, -0.2) is 15.2 Å². The molecule has 1 unspecified atom stereocenters. The number of hydrazine groups is 1. The van der Waals surface area contributed by atoms with Crippen molar-refractivity contribution in [1.82, 2.24) is 5.01 Å². The second-order valence-electron chi connectivity index (χ2n) is 4.47. The first-order chi connectivity index (χ1) is 9.53. The fourth-order valence-corrected chi connectivity index (χ4v) is 2.54. The third-order valence-corrected chi connectivity index (χ3v) is 3.61. The van der Waals surface area contributed by atoms with Gasteiger partial charge in [0.2, 0.25) is 5.72 Å². The van der Waals surface area contributed by atoms with E-state index in [9.17, 15) is 9.50 Å². The third-order valence-electron chi connectivity index (χ3n) is 3.28. The minimum absolute atomic E-state index is 0.246. The van der Waals surface area contributed by atoms with Gasteiger partial charge in [0.15, 0.2) is 0 Å². The lowest BCUT2D eigenvalue weighted by Crippen LogP contribution is -2.52. The van der Waals surface area contributed by atoms with Gasteiger partial charge < -0.3 is 5.11 Å². The smallest absolute Gasteiger partial charge is 0.209 e. The highest BCUT2D eigenvalue weighted by Gasteiger charge is 2.42. The molecule has 0 bridgehead atoms. The van der Waals surface area contributed by atoms with Gasteiger partial charge >= 0.3 is 0 Å². The lowest BCUT2D eigenvalue weighted by Gasteiger charge is -2.39. The molecular formula is C14H11ClFN3O. The molecule has 0 spiro atoms. The van der Waals surface area contributed by atoms with Crippen molar-refractivity contribution in [2.45, 2.75) is 5.72 Å². The van der Waals surface area contributed by atoms with Gasteiger partial charge in [-0.1, -0.05) is 29.8 Å². The maximum atomic E-state index is 13.5. The zero-order chi connectivity index (χ0) is 14.3. The fourth-order valence-electron chi connectivity index (χ4n) is 2.28. The molecule has 0 aliphatic carbocycles. The van der Waals surface area contributed by atoms with Crippen LogP contribution in [0.3, 0.4) is 0 Å². The van der Waals surface area contributed by atoms with Crippen molar-refractivity contribution in [1.29, 1.82) is 0 Å². The minimum atomic E-state index is -1.77. The SMILES string of the molecule is NN1C=Nc2ccc(F)cc2C1(O)c1ccccc1Cl. The molecule has 1 atom stereocenters. The van der Waals surface area contributed by atoms with E-state index in [2.05, 4.69) is 4.99 Å². The Kier molecular flexibility index (Phi) is 2.97. The number of halogens is 2. The predicted octanol–water partition coefficient (Wildman–Crippen LogP) is 2.52. The van der Waals surface area contributed by atoms with Gasteiger partial charge in [0.05, 0.1) is 5.69 Å². The van der Waals surface area contributed by atoms with E-state index in [4.69, 9.17) is 17.4 Å². The highest BCUT2D eigenvalue weighted by Crippen LogP contribution is 2.42. The van der Waals surface area contributed by atoms with Crippen molar-refractivity contribution < 1.29 is 9.50 Å². The van der Waals surface area contributed by atoms with E-state index < -0.39 is 11.5 Å². The van der Waals surface area contributed by atoms with Crippen LogP contribution in [0.5, 0.6) is 0 Å². The van der Waals surface area contributed by atoms with E-state index in [1.165, 1.54) is 24.5 Å². The van der Waals surface area contributed by atoms with Crippen molar-refractivity contribution >= 4 is 23.6 Å². The van der Waals surface area contributed by atoms with Crippen molar-refractivity contribution in [3.8, 4) is 0 Å². The molecule has 1 heterocycles. The van der Waals surface area contributed by atoms with Gasteiger partial charge in [0, 0.05) is 16.1 Å². The highest BCUT2D eigenvalue weighted by molar-refractivity contribution is 6.31. The number of rotatable bonds is 1. The van der Waals surface area contributed by atoms with E-state index in [1.54, 1.807) is 24.3 Å². The molecule has 1 aliphatic rings. The fraction of sp³-hybridized carbons (Fsp3) is 0.0714. The molecule has 1 aliphatic heterocycles. The molecule has 2 aromatic carbocycles. The summed E-state index contributed by atoms with van der Waals surface area (Å²) in [6.45, 7) is 0. The number of nitrogens with zero attached hydrogens (tertiary/aromatic N) is 2. The summed E-state index contributed by atoms with van der Waals surface area (Å²) in [6.07, 6.45) is 1.28. The minimum Gasteiger partial charge on any atom is -0.362 e. The third kappa shape index (κ3) is 1.79. The van der Waals surface area contributed by atoms with Gasteiger partial charge in [-0.3, -0.25) is 5.01 Å². The van der Waals surface area contributed by atoms with Crippen LogP contribution in [-0.4, -0.2) is 16.5 Å². The Bertz CT molecular complexity index is 707. The summed E-state index contributed by atoms with van der Waals surface area (Å²) in [5, 5.41) is 12.4. The zero-order valence-corrected chi connectivity index (χ0v) is 11.0. The molecule has 102 valence electrons. The summed E-state index contributed by atoms with van der Waals surface area (Å²) in [5.74, 6) is 5.35. The van der Waals surface area contributed by atoms with Crippen molar-refractivity contribution in [3.05, 3.63) is 64.4 Å². The van der Waals surface area contributed by atoms with Crippen LogP contribution in [0.4, 0.5) is 10.1 Å². The Morgan fingerprint density at radius 1 is 1.20 bits per heavy atom. The van der Waals surface area contributed by atoms with Crippen LogP contribution in [0.1, 0.15) is 11.1 Å². The molecule has 3 rings (SSSR count). The van der Waals surface area contributed by atoms with E-state index in [0.29, 0.717) is 16.3 Å². The Hall–Kier alpha value is -1.95. The van der Waals surface area contributed by atoms with Crippen LogP contribution in [0, 0.1) is 5.82 Å². The Morgan fingerprint density at radius 3 is 2.70 bits per heavy atom. The average molecular weight is 292 g/mol. The molecule has 0 radical (unpaired) electrons. The van der Waals surface area contributed by atoms with Gasteiger partial charge in [0.1, 0.15) is 12.2 Å². The van der Waals surface area contributed by atoms with E-state index in [1.807, 2.05) is 0 Å². The van der Waals surface area contributed by atoms with Crippen LogP contribution in [0.25, 0.3) is 0 Å². The summed E-state index contributed by atoms with van der Waals surface area (Å²) < 4.78 is 13.5. The summed E-state index contributed by atoms with van der Waals surface area (Å²) >= 11 is 6.14. The largest absolute Gasteiger partial charge is 0.362 e. The van der Waals surface area contributed by atoms with Crippen LogP contribution >= 0.6 is 11.6 Å². The van der Waals surface area contributed by atoms with Gasteiger partial charge in [0.25, 0.3) is 0 Å². The molecule has 0 aromatic heterocycles. The predicted molar refractivity (Wildman–Crippen MR) is 75.0 cm³/mol. The van der Waals surface area contributed by atoms with Crippen molar-refractivity contribution in [3.63, 3.8) is 0 Å². The van der Waals surface area contributed by atoms with Crippen LogP contribution in [0.15, 0.2) is 47.5 Å². The first-order valence-electron chi connectivity index (χ1n) is 5.89. The van der Waals surface area contributed by atoms with E-state index in [0.717, 1.165) is 5.01 Å². The summed E-state index contributed by atoms with van der Waals surface area (Å²) in [5.41, 5.74) is -0.717. The number of aliphatic hydroxyl groups is 1. The monoisotopic (exact) mass is 291 g/mol. The second kappa shape index (κ2) is 4.56. The van der Waals surface area contributed by atoms with Gasteiger partial charge in [-0.2, -0.15) is 0 Å². The number of benzene rings is 2. The number of aliphatic imine (C=N–C) groups is 1. The first kappa shape index (κ1) is 13.1. The first-order valence-corrected chi connectivity index (χ1v) is 6.27. The number of hydrogen-bond acceptors (Lipinski definition) is 4. The normalized spacial score (nSPS) is 20.9. The molecule has 0 saturated carbocycles. The van der Waals surface area contributed by atoms with E-state index >= 15 is 0 Å². The second-order valence-corrected chi connectivity index (χ2v) is 4.87. The highest BCUT2D eigenvalue weighted by atomic mass is 35.5. The molecule has 2 aromatic rings. The van der Waals surface area contributed by atoms with Gasteiger partial charge in [-0.05, 0) is 24.3 Å². The molecule has 0 amide bonds. The molecule has 0 saturated heterocycles. The molecule has 3 N–H and O–H groups in total. The van der Waals surface area contributed by atoms with Crippen molar-refractivity contribution in [2.75, 3.05) is 0 Å². The lowest BCUT2D eigenvalue weighted by atomic mass is 9.91. The number of hydrogen-bond donors (Lipinski definition) is 2. The lowest BCUT2D eigenvalue weighted by molar-refractivity contribution is -0.0375. The number of fused-ring (bicyclic) bond motifs is 1. The Morgan fingerprint density at radius 2 is 1.95 bits per heavy atom. The molecule has 4 nitrogen and oxygen atoms in total. The van der Waals surface area contributed by atoms with Crippen LogP contribution < -0.4 is 5.84 Å². The zero-order valence-electron chi connectivity index (χ0n) is 10.3. The Balaban J connectivity index is 2.30. The summed E-state index contributed by atoms with van der Waals surface area (Å²) in [7, 11) is 0. The molecule has 0 fully saturated rings. The quantitative estimate of drug-likeness (QED) is 0.794. The van der Waals surface area contributed by atoms with Crippen LogP contribution in [-0.2, 0) is 5.72 Å². The standard InChI is InChI=1S/C14H11ClFN3O/c15-12-4-2-1-3-10(12)14(20)11-7-9(16)5-6-13(11)18-8-19(14)17/h1-8,20H,17H2. The van der Waals surface area contributed by atoms with E-state index in [-0.39, 0.29) is 5.56 Å². The van der Waals surface area contributed by atoms with Gasteiger partial charge in [-0.15, -0.1) is 0 Å². The maximum absolute atomic E-state index is 13.5.